The first-order chi connectivity index (χ1) is 14.6. The zero-order valence-electron chi connectivity index (χ0n) is 17.7. The number of benzene rings is 1. The third-order valence-corrected chi connectivity index (χ3v) is 6.26. The fourth-order valence-electron chi connectivity index (χ4n) is 4.68. The van der Waals surface area contributed by atoms with Crippen LogP contribution in [0.2, 0.25) is 0 Å². The Labute approximate surface area is 175 Å². The Morgan fingerprint density at radius 1 is 1.10 bits per heavy atom. The van der Waals surface area contributed by atoms with E-state index in [1.807, 2.05) is 25.1 Å². The molecule has 0 spiro atoms. The standard InChI is InChI=1S/C23H30N4O3/c1-3-5-6-9-13-27-22(29)18(21(28)25-23(27)30)20-19-16(12-14-26(20)4-2)15-10-7-8-11-17(15)24-19/h7-8,10-11,20,24,29H,3-6,9,12-14H2,1-2H3,(H,25,28,30)/t20-/m1/s1. The van der Waals surface area contributed by atoms with Gasteiger partial charge < -0.3 is 10.1 Å². The number of aromatic nitrogens is 3. The summed E-state index contributed by atoms with van der Waals surface area (Å²) < 4.78 is 1.32. The van der Waals surface area contributed by atoms with Crippen molar-refractivity contribution in [3.8, 4) is 5.88 Å². The summed E-state index contributed by atoms with van der Waals surface area (Å²) in [4.78, 5) is 33.4. The predicted molar refractivity (Wildman–Crippen MR) is 118 cm³/mol. The Kier molecular flexibility index (Phi) is 5.81. The second-order valence-corrected chi connectivity index (χ2v) is 8.05. The Bertz CT molecular complexity index is 1160. The smallest absolute Gasteiger partial charge is 0.331 e. The summed E-state index contributed by atoms with van der Waals surface area (Å²) in [5.74, 6) is -0.213. The highest BCUT2D eigenvalue weighted by atomic mass is 16.3. The van der Waals surface area contributed by atoms with Gasteiger partial charge in [0.15, 0.2) is 0 Å². The molecule has 3 N–H and O–H groups in total. The summed E-state index contributed by atoms with van der Waals surface area (Å²) in [6.45, 7) is 6.08. The van der Waals surface area contributed by atoms with Crippen molar-refractivity contribution in [2.75, 3.05) is 13.1 Å². The zero-order chi connectivity index (χ0) is 21.3. The monoisotopic (exact) mass is 410 g/mol. The van der Waals surface area contributed by atoms with Crippen LogP contribution in [0, 0.1) is 0 Å². The van der Waals surface area contributed by atoms with Crippen LogP contribution < -0.4 is 11.2 Å². The number of para-hydroxylation sites is 1. The summed E-state index contributed by atoms with van der Waals surface area (Å²) in [6.07, 6.45) is 4.81. The molecule has 0 aliphatic carbocycles. The molecule has 3 aromatic rings. The molecule has 0 bridgehead atoms. The molecule has 0 saturated heterocycles. The van der Waals surface area contributed by atoms with E-state index in [0.717, 1.165) is 61.8 Å². The number of unbranched alkanes of at least 4 members (excludes halogenated alkanes) is 3. The number of rotatable bonds is 7. The Balaban J connectivity index is 1.84. The maximum Gasteiger partial charge on any atom is 0.331 e. The average Bonchev–Trinajstić information content (AvgIpc) is 3.12. The van der Waals surface area contributed by atoms with Gasteiger partial charge in [-0.1, -0.05) is 51.3 Å². The van der Waals surface area contributed by atoms with E-state index in [1.165, 1.54) is 10.1 Å². The van der Waals surface area contributed by atoms with Crippen LogP contribution >= 0.6 is 0 Å². The fraction of sp³-hybridized carbons (Fsp3) is 0.478. The average molecular weight is 411 g/mol. The third-order valence-electron chi connectivity index (χ3n) is 6.26. The number of likely N-dealkylation sites (N-methyl/N-ethyl adjacent to an activating group) is 1. The first kappa shape index (κ1) is 20.5. The van der Waals surface area contributed by atoms with Crippen LogP contribution in [0.25, 0.3) is 10.9 Å². The van der Waals surface area contributed by atoms with E-state index < -0.39 is 17.3 Å². The van der Waals surface area contributed by atoms with Gasteiger partial charge in [-0.05, 0) is 31.0 Å². The van der Waals surface area contributed by atoms with Gasteiger partial charge in [0.05, 0.1) is 6.04 Å². The van der Waals surface area contributed by atoms with Crippen LogP contribution in [-0.2, 0) is 13.0 Å². The van der Waals surface area contributed by atoms with E-state index in [-0.39, 0.29) is 11.4 Å². The van der Waals surface area contributed by atoms with Crippen LogP contribution in [-0.4, -0.2) is 37.6 Å². The number of nitrogens with one attached hydrogen (secondary N) is 2. The second-order valence-electron chi connectivity index (χ2n) is 8.05. The van der Waals surface area contributed by atoms with E-state index in [9.17, 15) is 14.7 Å². The molecule has 4 rings (SSSR count). The first-order valence-electron chi connectivity index (χ1n) is 11.0. The molecule has 0 radical (unpaired) electrons. The van der Waals surface area contributed by atoms with E-state index in [1.54, 1.807) is 0 Å². The lowest BCUT2D eigenvalue weighted by Crippen LogP contribution is -2.41. The summed E-state index contributed by atoms with van der Waals surface area (Å²) in [5.41, 5.74) is 2.32. The van der Waals surface area contributed by atoms with Crippen molar-refractivity contribution in [3.05, 3.63) is 61.9 Å². The molecule has 160 valence electrons. The molecule has 1 aromatic carbocycles. The fourth-order valence-corrected chi connectivity index (χ4v) is 4.68. The van der Waals surface area contributed by atoms with Gasteiger partial charge in [-0.3, -0.25) is 19.2 Å². The summed E-state index contributed by atoms with van der Waals surface area (Å²) in [6, 6.07) is 7.69. The van der Waals surface area contributed by atoms with E-state index >= 15 is 0 Å². The number of nitrogens with zero attached hydrogens (tertiary/aromatic N) is 2. The number of fused-ring (bicyclic) bond motifs is 3. The molecule has 7 nitrogen and oxygen atoms in total. The lowest BCUT2D eigenvalue weighted by Gasteiger charge is -2.35. The SMILES string of the molecule is CCCCCCn1c(O)c([C@@H]2c3[nH]c4ccccc4c3CCN2CC)c(=O)[nH]c1=O. The minimum Gasteiger partial charge on any atom is -0.494 e. The molecular weight excluding hydrogens is 380 g/mol. The van der Waals surface area contributed by atoms with Gasteiger partial charge in [0.2, 0.25) is 5.88 Å². The number of H-pyrrole nitrogens is 2. The molecule has 3 heterocycles. The number of aromatic hydroxyl groups is 1. The maximum atomic E-state index is 12.9. The van der Waals surface area contributed by atoms with Gasteiger partial charge in [0.1, 0.15) is 5.56 Å². The lowest BCUT2D eigenvalue weighted by atomic mass is 9.93. The molecule has 0 unspecified atom stereocenters. The predicted octanol–water partition coefficient (Wildman–Crippen LogP) is 3.27. The van der Waals surface area contributed by atoms with Crippen LogP contribution in [0.1, 0.15) is 62.4 Å². The van der Waals surface area contributed by atoms with Crippen molar-refractivity contribution >= 4 is 10.9 Å². The highest BCUT2D eigenvalue weighted by Crippen LogP contribution is 2.39. The normalized spacial score (nSPS) is 16.8. The number of hydrogen-bond donors (Lipinski definition) is 3. The summed E-state index contributed by atoms with van der Waals surface area (Å²) in [5, 5.41) is 12.2. The van der Waals surface area contributed by atoms with Crippen molar-refractivity contribution in [3.63, 3.8) is 0 Å². The van der Waals surface area contributed by atoms with Crippen LogP contribution in [0.3, 0.4) is 0 Å². The van der Waals surface area contributed by atoms with Crippen LogP contribution in [0.15, 0.2) is 33.9 Å². The molecular formula is C23H30N4O3. The van der Waals surface area contributed by atoms with Gasteiger partial charge in [0.25, 0.3) is 5.56 Å². The molecule has 0 fully saturated rings. The van der Waals surface area contributed by atoms with Crippen LogP contribution in [0.5, 0.6) is 5.88 Å². The van der Waals surface area contributed by atoms with Gasteiger partial charge in [0, 0.05) is 29.7 Å². The lowest BCUT2D eigenvalue weighted by molar-refractivity contribution is 0.214. The van der Waals surface area contributed by atoms with E-state index in [2.05, 4.69) is 27.9 Å². The highest BCUT2D eigenvalue weighted by molar-refractivity contribution is 5.85. The third kappa shape index (κ3) is 3.47. The Hall–Kier alpha value is -2.80. The molecule has 7 heteroatoms. The zero-order valence-corrected chi connectivity index (χ0v) is 17.7. The van der Waals surface area contributed by atoms with Crippen molar-refractivity contribution in [1.82, 2.24) is 19.4 Å². The van der Waals surface area contributed by atoms with E-state index in [4.69, 9.17) is 0 Å². The summed E-state index contributed by atoms with van der Waals surface area (Å²) in [7, 11) is 0. The van der Waals surface area contributed by atoms with Crippen molar-refractivity contribution in [2.24, 2.45) is 0 Å². The van der Waals surface area contributed by atoms with Gasteiger partial charge in [-0.15, -0.1) is 0 Å². The number of hydrogen-bond acceptors (Lipinski definition) is 4. The van der Waals surface area contributed by atoms with Gasteiger partial charge in [-0.2, -0.15) is 0 Å². The molecule has 30 heavy (non-hydrogen) atoms. The molecule has 1 aliphatic heterocycles. The topological polar surface area (TPSA) is 94.1 Å². The first-order valence-corrected chi connectivity index (χ1v) is 11.0. The molecule has 1 atom stereocenters. The van der Waals surface area contributed by atoms with E-state index in [0.29, 0.717) is 6.54 Å². The molecule has 1 aliphatic rings. The van der Waals surface area contributed by atoms with Gasteiger partial charge >= 0.3 is 5.69 Å². The minimum absolute atomic E-state index is 0.213. The maximum absolute atomic E-state index is 12.9. The molecule has 0 saturated carbocycles. The quantitative estimate of drug-likeness (QED) is 0.521. The minimum atomic E-state index is -0.548. The van der Waals surface area contributed by atoms with Crippen molar-refractivity contribution in [1.29, 1.82) is 0 Å². The number of aromatic amines is 2. The Morgan fingerprint density at radius 2 is 1.90 bits per heavy atom. The highest BCUT2D eigenvalue weighted by Gasteiger charge is 2.35. The van der Waals surface area contributed by atoms with Crippen molar-refractivity contribution < 1.29 is 5.11 Å². The molecule has 0 amide bonds. The summed E-state index contributed by atoms with van der Waals surface area (Å²) >= 11 is 0. The molecule has 2 aromatic heterocycles. The second kappa shape index (κ2) is 8.52. The van der Waals surface area contributed by atoms with Crippen molar-refractivity contribution in [2.45, 2.75) is 58.5 Å². The largest absolute Gasteiger partial charge is 0.494 e. The Morgan fingerprint density at radius 3 is 2.67 bits per heavy atom. The van der Waals surface area contributed by atoms with Gasteiger partial charge in [-0.25, -0.2) is 4.79 Å². The van der Waals surface area contributed by atoms with Crippen LogP contribution in [0.4, 0.5) is 0 Å².